The van der Waals surface area contributed by atoms with E-state index in [1.165, 1.54) is 11.6 Å². The Hall–Kier alpha value is -2.22. The average Bonchev–Trinajstić information content (AvgIpc) is 2.72. The molecule has 1 aromatic heterocycles. The van der Waals surface area contributed by atoms with Crippen LogP contribution in [0.4, 0.5) is 5.82 Å². The highest BCUT2D eigenvalue weighted by atomic mass is 16.2. The fraction of sp³-hybridized carbons (Fsp3) is 0.714. The molecule has 1 saturated heterocycles. The molecule has 0 aromatic carbocycles. The molecule has 1 fully saturated rings. The second kappa shape index (κ2) is 10.0. The molecule has 1 atom stereocenters. The number of carbonyl (C=O) groups excluding carboxylic acids is 1. The van der Waals surface area contributed by atoms with Gasteiger partial charge in [0.15, 0.2) is 0 Å². The van der Waals surface area contributed by atoms with Crippen LogP contribution in [-0.2, 0) is 18.9 Å². The zero-order valence-electron chi connectivity index (χ0n) is 18.6. The van der Waals surface area contributed by atoms with Gasteiger partial charge in [0.25, 0.3) is 5.56 Å². The average molecular weight is 406 g/mol. The fourth-order valence-electron chi connectivity index (χ4n) is 3.84. The van der Waals surface area contributed by atoms with Gasteiger partial charge in [-0.05, 0) is 52.6 Å². The minimum atomic E-state index is -0.392. The van der Waals surface area contributed by atoms with E-state index < -0.39 is 5.69 Å². The van der Waals surface area contributed by atoms with Gasteiger partial charge in [-0.2, -0.15) is 0 Å². The van der Waals surface area contributed by atoms with Gasteiger partial charge in [0.05, 0.1) is 5.56 Å². The summed E-state index contributed by atoms with van der Waals surface area (Å²) < 4.78 is 2.48. The first-order valence-electron chi connectivity index (χ1n) is 10.4. The van der Waals surface area contributed by atoms with E-state index in [-0.39, 0.29) is 17.4 Å². The first kappa shape index (κ1) is 23.1. The molecular formula is C21H35N5O3. The first-order valence-corrected chi connectivity index (χ1v) is 10.4. The maximum Gasteiger partial charge on any atom is 0.332 e. The Labute approximate surface area is 172 Å². The largest absolute Gasteiger partial charge is 0.343 e. The van der Waals surface area contributed by atoms with Gasteiger partial charge in [0.1, 0.15) is 5.82 Å². The van der Waals surface area contributed by atoms with Crippen LogP contribution >= 0.6 is 0 Å². The molecule has 29 heavy (non-hydrogen) atoms. The van der Waals surface area contributed by atoms with E-state index in [2.05, 4.69) is 30.9 Å². The summed E-state index contributed by atoms with van der Waals surface area (Å²) in [6, 6.07) is 0.558. The standard InChI is InChI=1S/C21H35N5O3/c1-7-16(8-9-18(27)26-12-10-17(11-13-26)23(3)4)14-22-19-15(2)20(28)25(6)21(29)24(19)5/h14,16-17H,7-13H2,1-6H3. The lowest BCUT2D eigenvalue weighted by Gasteiger charge is -2.35. The van der Waals surface area contributed by atoms with Gasteiger partial charge < -0.3 is 9.80 Å². The van der Waals surface area contributed by atoms with Crippen molar-refractivity contribution in [2.75, 3.05) is 27.2 Å². The molecule has 8 heteroatoms. The van der Waals surface area contributed by atoms with Gasteiger partial charge >= 0.3 is 5.69 Å². The van der Waals surface area contributed by atoms with Crippen molar-refractivity contribution in [2.24, 2.45) is 25.0 Å². The molecule has 1 unspecified atom stereocenters. The number of carbonyl (C=O) groups is 1. The molecule has 0 bridgehead atoms. The number of hydrogen-bond acceptors (Lipinski definition) is 5. The van der Waals surface area contributed by atoms with Gasteiger partial charge in [-0.1, -0.05) is 6.92 Å². The molecule has 8 nitrogen and oxygen atoms in total. The molecule has 1 aliphatic heterocycles. The molecule has 2 heterocycles. The summed E-state index contributed by atoms with van der Waals surface area (Å²) >= 11 is 0. The number of aromatic nitrogens is 2. The van der Waals surface area contributed by atoms with Gasteiger partial charge in [-0.25, -0.2) is 9.79 Å². The maximum atomic E-state index is 12.6. The lowest BCUT2D eigenvalue weighted by molar-refractivity contribution is -0.132. The van der Waals surface area contributed by atoms with Crippen LogP contribution in [0.25, 0.3) is 0 Å². The normalized spacial score (nSPS) is 16.7. The Bertz CT molecular complexity index is 823. The molecule has 0 aliphatic carbocycles. The smallest absolute Gasteiger partial charge is 0.332 e. The lowest BCUT2D eigenvalue weighted by atomic mass is 9.99. The van der Waals surface area contributed by atoms with Crippen LogP contribution < -0.4 is 11.2 Å². The van der Waals surface area contributed by atoms with Crippen LogP contribution in [0.15, 0.2) is 14.6 Å². The second-order valence-corrected chi connectivity index (χ2v) is 8.22. The second-order valence-electron chi connectivity index (χ2n) is 8.22. The predicted octanol–water partition coefficient (Wildman–Crippen LogP) is 1.45. The minimum Gasteiger partial charge on any atom is -0.343 e. The fourth-order valence-corrected chi connectivity index (χ4v) is 3.84. The first-order chi connectivity index (χ1) is 13.7. The number of likely N-dealkylation sites (tertiary alicyclic amines) is 1. The third-order valence-corrected chi connectivity index (χ3v) is 6.06. The highest BCUT2D eigenvalue weighted by Crippen LogP contribution is 2.18. The van der Waals surface area contributed by atoms with Crippen LogP contribution in [0, 0.1) is 12.8 Å². The van der Waals surface area contributed by atoms with Gasteiger partial charge in [-0.3, -0.25) is 18.7 Å². The van der Waals surface area contributed by atoms with Gasteiger partial charge in [-0.15, -0.1) is 0 Å². The van der Waals surface area contributed by atoms with E-state index in [1.807, 2.05) is 4.90 Å². The van der Waals surface area contributed by atoms with Crippen molar-refractivity contribution in [3.05, 3.63) is 26.4 Å². The summed E-state index contributed by atoms with van der Waals surface area (Å²) in [5, 5.41) is 0. The zero-order chi connectivity index (χ0) is 21.7. The molecule has 2 rings (SSSR count). The van der Waals surface area contributed by atoms with E-state index >= 15 is 0 Å². The Balaban J connectivity index is 1.99. The molecule has 162 valence electrons. The van der Waals surface area contributed by atoms with Crippen molar-refractivity contribution in [2.45, 2.75) is 52.0 Å². The van der Waals surface area contributed by atoms with Crippen LogP contribution in [0.5, 0.6) is 0 Å². The van der Waals surface area contributed by atoms with Crippen LogP contribution in [-0.4, -0.2) is 64.3 Å². The third kappa shape index (κ3) is 5.44. The summed E-state index contributed by atoms with van der Waals surface area (Å²) in [7, 11) is 7.26. The Kier molecular flexibility index (Phi) is 7.96. The Morgan fingerprint density at radius 2 is 1.83 bits per heavy atom. The molecule has 0 radical (unpaired) electrons. The maximum absolute atomic E-state index is 12.6. The van der Waals surface area contributed by atoms with E-state index in [1.54, 1.807) is 20.2 Å². The zero-order valence-corrected chi connectivity index (χ0v) is 18.6. The van der Waals surface area contributed by atoms with E-state index in [0.717, 1.165) is 36.9 Å². The molecule has 1 aliphatic rings. The number of hydrogen-bond donors (Lipinski definition) is 0. The van der Waals surface area contributed by atoms with Crippen LogP contribution in [0.1, 0.15) is 44.6 Å². The minimum absolute atomic E-state index is 0.122. The highest BCUT2D eigenvalue weighted by Gasteiger charge is 2.24. The predicted molar refractivity (Wildman–Crippen MR) is 116 cm³/mol. The van der Waals surface area contributed by atoms with Crippen molar-refractivity contribution in [1.82, 2.24) is 18.9 Å². The Morgan fingerprint density at radius 1 is 1.21 bits per heavy atom. The molecule has 1 amide bonds. The van der Waals surface area contributed by atoms with Crippen LogP contribution in [0.3, 0.4) is 0 Å². The molecule has 0 N–H and O–H groups in total. The van der Waals surface area contributed by atoms with Gasteiger partial charge in [0, 0.05) is 45.9 Å². The molecule has 0 saturated carbocycles. The van der Waals surface area contributed by atoms with Gasteiger partial charge in [0.2, 0.25) is 5.91 Å². The summed E-state index contributed by atoms with van der Waals surface area (Å²) in [6.07, 6.45) is 5.88. The van der Waals surface area contributed by atoms with Crippen molar-refractivity contribution in [3.63, 3.8) is 0 Å². The van der Waals surface area contributed by atoms with E-state index in [4.69, 9.17) is 0 Å². The van der Waals surface area contributed by atoms with E-state index in [9.17, 15) is 14.4 Å². The quantitative estimate of drug-likeness (QED) is 0.643. The van der Waals surface area contributed by atoms with Crippen molar-refractivity contribution in [1.29, 1.82) is 0 Å². The topological polar surface area (TPSA) is 79.9 Å². The monoisotopic (exact) mass is 405 g/mol. The number of amides is 1. The van der Waals surface area contributed by atoms with Crippen molar-refractivity contribution in [3.8, 4) is 0 Å². The van der Waals surface area contributed by atoms with Crippen molar-refractivity contribution < 1.29 is 4.79 Å². The Morgan fingerprint density at radius 3 is 2.38 bits per heavy atom. The number of rotatable bonds is 7. The highest BCUT2D eigenvalue weighted by molar-refractivity contribution is 5.77. The summed E-state index contributed by atoms with van der Waals surface area (Å²) in [5.74, 6) is 0.705. The van der Waals surface area contributed by atoms with Crippen LogP contribution in [0.2, 0.25) is 0 Å². The van der Waals surface area contributed by atoms with E-state index in [0.29, 0.717) is 30.3 Å². The molecular weight excluding hydrogens is 370 g/mol. The third-order valence-electron chi connectivity index (χ3n) is 6.06. The molecule has 0 spiro atoms. The summed E-state index contributed by atoms with van der Waals surface area (Å²) in [4.78, 5) is 45.5. The molecule has 1 aromatic rings. The number of nitrogens with zero attached hydrogens (tertiary/aromatic N) is 5. The number of piperidine rings is 1. The summed E-state index contributed by atoms with van der Waals surface area (Å²) in [5.41, 5.74) is -0.276. The summed E-state index contributed by atoms with van der Waals surface area (Å²) in [6.45, 7) is 5.37. The van der Waals surface area contributed by atoms with Crippen molar-refractivity contribution >= 4 is 17.9 Å². The number of aliphatic imine (C=N–C) groups is 1. The SMILES string of the molecule is CCC(C=Nc1c(C)c(=O)n(C)c(=O)n1C)CCC(=O)N1CCC(N(C)C)CC1. The lowest BCUT2D eigenvalue weighted by Crippen LogP contribution is -2.44.